The molecule has 1 N–H and O–H groups in total. The summed E-state index contributed by atoms with van der Waals surface area (Å²) in [5.74, 6) is -1.30. The zero-order valence-corrected chi connectivity index (χ0v) is 26.7. The number of hydrogen-bond donors (Lipinski definition) is 1. The van der Waals surface area contributed by atoms with Crippen molar-refractivity contribution in [2.24, 2.45) is 7.05 Å². The number of ether oxygens (including phenoxy) is 1. The van der Waals surface area contributed by atoms with Crippen LogP contribution in [-0.4, -0.2) is 75.6 Å². The molecule has 0 fully saturated rings. The molecule has 0 atom stereocenters. The van der Waals surface area contributed by atoms with Crippen molar-refractivity contribution in [3.8, 4) is 17.1 Å². The maximum Gasteiger partial charge on any atom is 0.388 e. The number of nitrogens with zero attached hydrogens (tertiary/aromatic N) is 4. The molecule has 1 aliphatic rings. The van der Waals surface area contributed by atoms with Crippen LogP contribution >= 0.6 is 23.2 Å². The third kappa shape index (κ3) is 6.47. The molecule has 0 unspecified atom stereocenters. The average molecular weight is 643 g/mol. The fourth-order valence-electron chi connectivity index (χ4n) is 3.97. The van der Waals surface area contributed by atoms with Gasteiger partial charge in [-0.1, -0.05) is 42.3 Å². The second-order valence-electron chi connectivity index (χ2n) is 8.67. The fraction of sp³-hybridized carbons (Fsp3) is 0.292. The van der Waals surface area contributed by atoms with Gasteiger partial charge in [0.05, 0.1) is 21.8 Å². The predicted molar refractivity (Wildman–Crippen MR) is 148 cm³/mol. The molecule has 1 radical (unpaired) electrons. The Bertz CT molecular complexity index is 1720. The Hall–Kier alpha value is -2.49. The Kier molecular flexibility index (Phi) is 10.3. The first-order valence-electron chi connectivity index (χ1n) is 11.7. The molecule has 5 rings (SSSR count). The number of alkyl halides is 2. The molecule has 0 saturated carbocycles. The van der Waals surface area contributed by atoms with Gasteiger partial charge in [-0.15, -0.1) is 0 Å². The molecule has 3 heterocycles. The van der Waals surface area contributed by atoms with Crippen LogP contribution in [-0.2, 0) is 23.7 Å². The summed E-state index contributed by atoms with van der Waals surface area (Å²) in [6, 6.07) is 7.20. The minimum absolute atomic E-state index is 0. The van der Waals surface area contributed by atoms with Crippen LogP contribution in [0.1, 0.15) is 37.0 Å². The summed E-state index contributed by atoms with van der Waals surface area (Å²) >= 11 is 12.0. The van der Waals surface area contributed by atoms with E-state index in [2.05, 4.69) is 19.5 Å². The molecule has 2 aromatic carbocycles. The van der Waals surface area contributed by atoms with Crippen LogP contribution in [0.2, 0.25) is 10.0 Å². The van der Waals surface area contributed by atoms with Crippen LogP contribution < -0.4 is 9.46 Å². The van der Waals surface area contributed by atoms with E-state index in [0.717, 1.165) is 15.1 Å². The van der Waals surface area contributed by atoms with Crippen molar-refractivity contribution in [1.29, 1.82) is 0 Å². The van der Waals surface area contributed by atoms with Gasteiger partial charge in [-0.05, 0) is 32.0 Å². The molecule has 0 bridgehead atoms. The predicted octanol–water partition coefficient (Wildman–Crippen LogP) is 5.66. The number of nitrogens with one attached hydrogen (secondary N) is 1. The van der Waals surface area contributed by atoms with Gasteiger partial charge in [0.2, 0.25) is 5.88 Å². The van der Waals surface area contributed by atoms with Gasteiger partial charge in [-0.25, -0.2) is 18.4 Å². The number of fused-ring (bicyclic) bond motifs is 2. The van der Waals surface area contributed by atoms with Gasteiger partial charge in [0, 0.05) is 49.1 Å². The molecule has 2 aromatic heterocycles. The van der Waals surface area contributed by atoms with Crippen LogP contribution in [0.4, 0.5) is 18.9 Å². The molecule has 0 saturated heterocycles. The standard InChI is InChI=1S/C14H10Cl2F3N3O2.C10H12N2O3S.Na/c1-3-7-20-10-5(15)4-6(17)8(12(10)23-7)11-9(16)13(22(2)21-11)24-14(18)19;1-7(2)12-10(13)8-5-3-4-6-9(8)11-16(12,14)15;/h4,14H,3H2,1-2H3;3-7,11H,1-2H3;. The minimum atomic E-state index is -3.75. The van der Waals surface area contributed by atoms with Crippen molar-refractivity contribution in [3.63, 3.8) is 0 Å². The Morgan fingerprint density at radius 2 is 1.85 bits per heavy atom. The van der Waals surface area contributed by atoms with E-state index in [1.807, 2.05) is 0 Å². The summed E-state index contributed by atoms with van der Waals surface area (Å²) in [7, 11) is -2.41. The normalized spacial score (nSPS) is 13.9. The van der Waals surface area contributed by atoms with Crippen molar-refractivity contribution < 1.29 is 35.5 Å². The summed E-state index contributed by atoms with van der Waals surface area (Å²) in [6.45, 7) is 2.02. The molecule has 0 aliphatic carbocycles. The number of hydrogen-bond acceptors (Lipinski definition) is 7. The Morgan fingerprint density at radius 3 is 2.46 bits per heavy atom. The number of aryl methyl sites for hydroxylation is 2. The van der Waals surface area contributed by atoms with E-state index in [0.29, 0.717) is 23.6 Å². The van der Waals surface area contributed by atoms with Crippen molar-refractivity contribution >= 4 is 85.7 Å². The largest absolute Gasteiger partial charge is 0.440 e. The molecule has 1 amide bonds. The number of oxazole rings is 1. The molecule has 215 valence electrons. The van der Waals surface area contributed by atoms with Gasteiger partial charge in [-0.3, -0.25) is 9.52 Å². The van der Waals surface area contributed by atoms with Crippen LogP contribution in [0, 0.1) is 5.82 Å². The Balaban J connectivity index is 0.000000238. The Labute approximate surface area is 265 Å². The summed E-state index contributed by atoms with van der Waals surface area (Å²) in [6.07, 6.45) is 0.460. The van der Waals surface area contributed by atoms with E-state index in [1.165, 1.54) is 7.05 Å². The van der Waals surface area contributed by atoms with E-state index in [1.54, 1.807) is 45.0 Å². The van der Waals surface area contributed by atoms with E-state index in [-0.39, 0.29) is 67.8 Å². The molecule has 0 spiro atoms. The first kappa shape index (κ1) is 33.0. The maximum absolute atomic E-state index is 14.5. The Morgan fingerprint density at radius 1 is 1.20 bits per heavy atom. The van der Waals surface area contributed by atoms with Crippen LogP contribution in [0.3, 0.4) is 0 Å². The minimum Gasteiger partial charge on any atom is -0.440 e. The average Bonchev–Trinajstić information content (AvgIpc) is 3.41. The van der Waals surface area contributed by atoms with Crippen LogP contribution in [0.25, 0.3) is 22.4 Å². The first-order chi connectivity index (χ1) is 18.8. The second kappa shape index (κ2) is 12.8. The van der Waals surface area contributed by atoms with Gasteiger partial charge < -0.3 is 9.15 Å². The van der Waals surface area contributed by atoms with Gasteiger partial charge in [-0.2, -0.15) is 22.3 Å². The second-order valence-corrected chi connectivity index (χ2v) is 11.0. The molecule has 4 aromatic rings. The SMILES string of the molecule is CC(C)N1C(=O)c2ccccc2NS1(=O)=O.CCc1nc2c(Cl)cc(F)c(-c3nn(C)c(OC(F)F)c3Cl)c2o1.[Na]. The number of aromatic nitrogens is 3. The topological polar surface area (TPSA) is 120 Å². The van der Waals surface area contributed by atoms with Gasteiger partial charge >= 0.3 is 16.8 Å². The van der Waals surface area contributed by atoms with Crippen molar-refractivity contribution in [2.75, 3.05) is 4.72 Å². The summed E-state index contributed by atoms with van der Waals surface area (Å²) in [5, 5.41) is 3.76. The number of carbonyl (C=O) groups excluding carboxylic acids is 1. The van der Waals surface area contributed by atoms with Crippen molar-refractivity contribution in [1.82, 2.24) is 19.1 Å². The number of rotatable bonds is 5. The van der Waals surface area contributed by atoms with E-state index >= 15 is 0 Å². The van der Waals surface area contributed by atoms with Gasteiger partial charge in [0.15, 0.2) is 11.5 Å². The fourth-order valence-corrected chi connectivity index (χ4v) is 5.92. The third-order valence-electron chi connectivity index (χ3n) is 5.62. The molecule has 1 aliphatic heterocycles. The number of halogens is 5. The van der Waals surface area contributed by atoms with E-state index in [9.17, 15) is 26.4 Å². The number of para-hydroxylation sites is 1. The first-order valence-corrected chi connectivity index (χ1v) is 13.9. The quantitative estimate of drug-likeness (QED) is 0.279. The molecule has 41 heavy (non-hydrogen) atoms. The number of anilines is 1. The maximum atomic E-state index is 14.5. The number of benzene rings is 2. The monoisotopic (exact) mass is 642 g/mol. The van der Waals surface area contributed by atoms with E-state index < -0.39 is 34.6 Å². The molecular formula is C24H22Cl2F3N5NaO5S. The molecule has 17 heteroatoms. The van der Waals surface area contributed by atoms with Crippen LogP contribution in [0.15, 0.2) is 34.7 Å². The third-order valence-corrected chi connectivity index (χ3v) is 7.83. The summed E-state index contributed by atoms with van der Waals surface area (Å²) in [5.41, 5.74) is 0.776. The number of amides is 1. The van der Waals surface area contributed by atoms with Gasteiger partial charge in [0.25, 0.3) is 5.91 Å². The zero-order valence-electron chi connectivity index (χ0n) is 22.4. The van der Waals surface area contributed by atoms with E-state index in [4.69, 9.17) is 27.6 Å². The number of carbonyl (C=O) groups is 1. The smallest absolute Gasteiger partial charge is 0.388 e. The van der Waals surface area contributed by atoms with Crippen molar-refractivity contribution in [2.45, 2.75) is 39.8 Å². The summed E-state index contributed by atoms with van der Waals surface area (Å²) in [4.78, 5) is 16.2. The zero-order chi connectivity index (χ0) is 29.5. The van der Waals surface area contributed by atoms with Crippen molar-refractivity contribution in [3.05, 3.63) is 57.6 Å². The summed E-state index contributed by atoms with van der Waals surface area (Å²) < 4.78 is 77.1. The van der Waals surface area contributed by atoms with Gasteiger partial charge in [0.1, 0.15) is 22.1 Å². The van der Waals surface area contributed by atoms with Crippen LogP contribution in [0.5, 0.6) is 5.88 Å². The molecule has 10 nitrogen and oxygen atoms in total. The molecular weight excluding hydrogens is 621 g/mol.